The van der Waals surface area contributed by atoms with Crippen molar-refractivity contribution in [2.24, 2.45) is 7.05 Å². The molecule has 2 aromatic carbocycles. The maximum atomic E-state index is 12.9. The van der Waals surface area contributed by atoms with Crippen LogP contribution >= 0.6 is 0 Å². The van der Waals surface area contributed by atoms with Crippen LogP contribution in [0.3, 0.4) is 0 Å². The van der Waals surface area contributed by atoms with E-state index in [1.54, 1.807) is 30.8 Å². The van der Waals surface area contributed by atoms with Gasteiger partial charge in [0.15, 0.2) is 6.10 Å². The number of nitrogens with zero attached hydrogens (tertiary/aromatic N) is 2. The topological polar surface area (TPSA) is 91.6 Å². The third kappa shape index (κ3) is 5.52. The largest absolute Gasteiger partial charge is 0.493 e. The third-order valence-corrected chi connectivity index (χ3v) is 5.39. The van der Waals surface area contributed by atoms with Crippen molar-refractivity contribution in [3.8, 4) is 11.4 Å². The number of rotatable bonds is 8. The Morgan fingerprint density at radius 3 is 2.45 bits per heavy atom. The number of benzene rings is 2. The minimum atomic E-state index is -1.07. The summed E-state index contributed by atoms with van der Waals surface area (Å²) in [5.41, 5.74) is 3.07. The number of carbonyl (C=O) groups excluding carboxylic acids is 2. The van der Waals surface area contributed by atoms with Crippen LogP contribution in [0.5, 0.6) is 5.75 Å². The van der Waals surface area contributed by atoms with Crippen molar-refractivity contribution in [2.75, 3.05) is 11.9 Å². The summed E-state index contributed by atoms with van der Waals surface area (Å²) in [6.45, 7) is 7.22. The molecule has 0 saturated carbocycles. The first-order valence-electron chi connectivity index (χ1n) is 10.7. The van der Waals surface area contributed by atoms with Gasteiger partial charge in [-0.05, 0) is 57.0 Å². The van der Waals surface area contributed by atoms with Gasteiger partial charge in [0.1, 0.15) is 11.4 Å². The highest BCUT2D eigenvalue weighted by Crippen LogP contribution is 2.19. The first kappa shape index (κ1) is 23.8. The molecule has 1 heterocycles. The van der Waals surface area contributed by atoms with E-state index in [1.807, 2.05) is 50.2 Å². The molecule has 0 radical (unpaired) electrons. The molecule has 0 aliphatic carbocycles. The van der Waals surface area contributed by atoms with Crippen LogP contribution in [-0.2, 0) is 21.4 Å². The second-order valence-electron chi connectivity index (χ2n) is 7.93. The van der Waals surface area contributed by atoms with Gasteiger partial charge in [-0.15, -0.1) is 0 Å². The van der Waals surface area contributed by atoms with E-state index in [0.717, 1.165) is 11.1 Å². The Morgan fingerprint density at radius 1 is 1.06 bits per heavy atom. The average molecular weight is 452 g/mol. The fraction of sp³-hybridized carbons (Fsp3) is 0.320. The maximum Gasteiger partial charge on any atom is 0.310 e. The number of nitrogens with one attached hydrogen (secondary N) is 1. The number of amides is 1. The SMILES string of the molecule is Cc1ccc(C)c(OCCC(=O)O[C@@H](C)C(=O)Nc2c(C)n(C)n(-c3ccccc3)c2=O)c1. The molecule has 174 valence electrons. The van der Waals surface area contributed by atoms with Crippen LogP contribution in [0.4, 0.5) is 5.69 Å². The highest BCUT2D eigenvalue weighted by Gasteiger charge is 2.23. The highest BCUT2D eigenvalue weighted by atomic mass is 16.5. The predicted octanol–water partition coefficient (Wildman–Crippen LogP) is 3.44. The lowest BCUT2D eigenvalue weighted by Crippen LogP contribution is -2.32. The Balaban J connectivity index is 1.59. The molecule has 0 aliphatic heterocycles. The molecule has 8 nitrogen and oxygen atoms in total. The number of ether oxygens (including phenoxy) is 2. The molecular formula is C25H29N3O5. The van der Waals surface area contributed by atoms with Gasteiger partial charge >= 0.3 is 5.97 Å². The summed E-state index contributed by atoms with van der Waals surface area (Å²) in [6.07, 6.45) is -1.07. The van der Waals surface area contributed by atoms with Crippen LogP contribution < -0.4 is 15.6 Å². The van der Waals surface area contributed by atoms with Crippen LogP contribution in [0, 0.1) is 20.8 Å². The minimum absolute atomic E-state index is 0.00379. The first-order valence-corrected chi connectivity index (χ1v) is 10.7. The normalized spacial score (nSPS) is 11.7. The Kier molecular flexibility index (Phi) is 7.37. The summed E-state index contributed by atoms with van der Waals surface area (Å²) in [5, 5.41) is 2.61. The van der Waals surface area contributed by atoms with Crippen molar-refractivity contribution >= 4 is 17.6 Å². The molecule has 0 bridgehead atoms. The molecule has 8 heteroatoms. The number of hydrogen-bond acceptors (Lipinski definition) is 5. The van der Waals surface area contributed by atoms with Gasteiger partial charge in [0.25, 0.3) is 11.5 Å². The van der Waals surface area contributed by atoms with E-state index in [0.29, 0.717) is 17.1 Å². The van der Waals surface area contributed by atoms with Gasteiger partial charge in [-0.3, -0.25) is 19.1 Å². The van der Waals surface area contributed by atoms with E-state index in [-0.39, 0.29) is 24.3 Å². The summed E-state index contributed by atoms with van der Waals surface area (Å²) in [7, 11) is 1.73. The lowest BCUT2D eigenvalue weighted by Gasteiger charge is -2.14. The number of anilines is 1. The Bertz CT molecular complexity index is 1210. The quantitative estimate of drug-likeness (QED) is 0.530. The molecule has 0 aliphatic rings. The van der Waals surface area contributed by atoms with Crippen LogP contribution in [0.2, 0.25) is 0 Å². The van der Waals surface area contributed by atoms with E-state index in [4.69, 9.17) is 9.47 Å². The smallest absolute Gasteiger partial charge is 0.310 e. The van der Waals surface area contributed by atoms with Crippen molar-refractivity contribution in [1.82, 2.24) is 9.36 Å². The van der Waals surface area contributed by atoms with Gasteiger partial charge in [0, 0.05) is 7.05 Å². The molecular weight excluding hydrogens is 422 g/mol. The maximum absolute atomic E-state index is 12.9. The van der Waals surface area contributed by atoms with Gasteiger partial charge in [-0.25, -0.2) is 4.68 Å². The summed E-state index contributed by atoms with van der Waals surface area (Å²) < 4.78 is 14.0. The minimum Gasteiger partial charge on any atom is -0.493 e. The first-order chi connectivity index (χ1) is 15.7. The molecule has 0 fully saturated rings. The zero-order valence-electron chi connectivity index (χ0n) is 19.5. The third-order valence-electron chi connectivity index (χ3n) is 5.39. The molecule has 0 saturated heterocycles. The second-order valence-corrected chi connectivity index (χ2v) is 7.93. The van der Waals surface area contributed by atoms with Crippen molar-refractivity contribution in [3.05, 3.63) is 75.7 Å². The van der Waals surface area contributed by atoms with E-state index in [9.17, 15) is 14.4 Å². The van der Waals surface area contributed by atoms with Gasteiger partial charge in [0.2, 0.25) is 0 Å². The fourth-order valence-electron chi connectivity index (χ4n) is 3.35. The molecule has 1 N–H and O–H groups in total. The van der Waals surface area contributed by atoms with Gasteiger partial charge in [0.05, 0.1) is 24.4 Å². The van der Waals surface area contributed by atoms with Crippen molar-refractivity contribution in [1.29, 1.82) is 0 Å². The van der Waals surface area contributed by atoms with Crippen molar-refractivity contribution in [3.63, 3.8) is 0 Å². The summed E-state index contributed by atoms with van der Waals surface area (Å²) in [5.74, 6) is -0.429. The Labute approximate surface area is 192 Å². The van der Waals surface area contributed by atoms with Crippen LogP contribution in [0.15, 0.2) is 53.3 Å². The van der Waals surface area contributed by atoms with E-state index in [1.165, 1.54) is 11.6 Å². The monoisotopic (exact) mass is 451 g/mol. The lowest BCUT2D eigenvalue weighted by atomic mass is 10.1. The van der Waals surface area contributed by atoms with Crippen molar-refractivity contribution < 1.29 is 19.1 Å². The molecule has 1 amide bonds. The number of aromatic nitrogens is 2. The Hall–Kier alpha value is -3.81. The number of aryl methyl sites for hydroxylation is 2. The summed E-state index contributed by atoms with van der Waals surface area (Å²) >= 11 is 0. The van der Waals surface area contributed by atoms with Crippen LogP contribution in [-0.4, -0.2) is 34.0 Å². The predicted molar refractivity (Wildman–Crippen MR) is 126 cm³/mol. The summed E-state index contributed by atoms with van der Waals surface area (Å²) in [4.78, 5) is 37.7. The number of esters is 1. The van der Waals surface area contributed by atoms with Gasteiger partial charge in [-0.2, -0.15) is 0 Å². The fourth-order valence-corrected chi connectivity index (χ4v) is 3.35. The van der Waals surface area contributed by atoms with E-state index >= 15 is 0 Å². The van der Waals surface area contributed by atoms with Crippen LogP contribution in [0.25, 0.3) is 5.69 Å². The molecule has 0 spiro atoms. The molecule has 1 aromatic heterocycles. The van der Waals surface area contributed by atoms with Crippen LogP contribution in [0.1, 0.15) is 30.2 Å². The lowest BCUT2D eigenvalue weighted by molar-refractivity contribution is -0.153. The average Bonchev–Trinajstić information content (AvgIpc) is 2.99. The van der Waals surface area contributed by atoms with Gasteiger partial charge < -0.3 is 14.8 Å². The Morgan fingerprint density at radius 2 is 1.76 bits per heavy atom. The molecule has 33 heavy (non-hydrogen) atoms. The highest BCUT2D eigenvalue weighted by molar-refractivity contribution is 5.95. The summed E-state index contributed by atoms with van der Waals surface area (Å²) in [6, 6.07) is 15.0. The number of carbonyl (C=O) groups is 2. The molecule has 1 atom stereocenters. The second kappa shape index (κ2) is 10.2. The molecule has 3 rings (SSSR count). The zero-order chi connectivity index (χ0) is 24.1. The number of hydrogen-bond donors (Lipinski definition) is 1. The van der Waals surface area contributed by atoms with Crippen molar-refractivity contribution in [2.45, 2.75) is 40.2 Å². The van der Waals surface area contributed by atoms with E-state index < -0.39 is 18.0 Å². The van der Waals surface area contributed by atoms with Gasteiger partial charge in [-0.1, -0.05) is 30.3 Å². The number of para-hydroxylation sites is 1. The molecule has 0 unspecified atom stereocenters. The zero-order valence-corrected chi connectivity index (χ0v) is 19.5. The van der Waals surface area contributed by atoms with E-state index in [2.05, 4.69) is 5.32 Å². The standard InChI is InChI=1S/C25H29N3O5/c1-16-11-12-17(2)21(15-16)32-14-13-22(29)33-19(4)24(30)26-23-18(3)27(5)28(25(23)31)20-9-7-6-8-10-20/h6-12,15,19H,13-14H2,1-5H3,(H,26,30)/t19-/m0/s1. The molecule has 3 aromatic rings.